The molecule has 0 saturated carbocycles. The fourth-order valence-electron chi connectivity index (χ4n) is 2.23. The number of rotatable bonds is 6. The van der Waals surface area contributed by atoms with Gasteiger partial charge in [0.1, 0.15) is 0 Å². The average Bonchev–Trinajstić information content (AvgIpc) is 2.56. The molecular formula is C18H20ClNO3. The number of hydrogen-bond acceptors (Lipinski definition) is 3. The van der Waals surface area contributed by atoms with E-state index in [4.69, 9.17) is 21.1 Å². The Labute approximate surface area is 141 Å². The number of nitrogens with zero attached hydrogens (tertiary/aromatic N) is 1. The molecule has 2 rings (SSSR count). The second kappa shape index (κ2) is 7.88. The molecule has 4 nitrogen and oxygen atoms in total. The molecule has 1 amide bonds. The van der Waals surface area contributed by atoms with E-state index in [1.54, 1.807) is 37.3 Å². The van der Waals surface area contributed by atoms with Gasteiger partial charge < -0.3 is 14.4 Å². The van der Waals surface area contributed by atoms with Gasteiger partial charge in [0, 0.05) is 24.2 Å². The molecule has 0 aliphatic carbocycles. The second-order valence-electron chi connectivity index (χ2n) is 5.09. The molecule has 0 radical (unpaired) electrons. The van der Waals surface area contributed by atoms with Crippen molar-refractivity contribution in [2.75, 3.05) is 20.8 Å². The molecule has 0 aromatic heterocycles. The normalized spacial score (nSPS) is 10.3. The topological polar surface area (TPSA) is 38.8 Å². The molecule has 0 aliphatic rings. The first-order valence-electron chi connectivity index (χ1n) is 7.36. The van der Waals surface area contributed by atoms with E-state index in [0.29, 0.717) is 35.2 Å². The van der Waals surface area contributed by atoms with Crippen LogP contribution in [0, 0.1) is 0 Å². The minimum atomic E-state index is -0.0800. The van der Waals surface area contributed by atoms with Crippen LogP contribution in [0.25, 0.3) is 0 Å². The maximum absolute atomic E-state index is 12.6. The summed E-state index contributed by atoms with van der Waals surface area (Å²) in [5, 5.41) is 0.680. The third-order valence-electron chi connectivity index (χ3n) is 3.39. The van der Waals surface area contributed by atoms with E-state index in [2.05, 4.69) is 0 Å². The zero-order valence-corrected chi connectivity index (χ0v) is 14.3. The maximum Gasteiger partial charge on any atom is 0.254 e. The van der Waals surface area contributed by atoms with Crippen LogP contribution in [0.4, 0.5) is 0 Å². The first-order valence-corrected chi connectivity index (χ1v) is 7.73. The molecule has 0 saturated heterocycles. The average molecular weight is 334 g/mol. The Morgan fingerprint density at radius 2 is 1.83 bits per heavy atom. The van der Waals surface area contributed by atoms with E-state index in [1.165, 1.54) is 0 Å². The standard InChI is InChI=1S/C18H20ClNO3/c1-4-23-17-11-14(7-10-16(17)22-3)18(21)20(2)12-13-5-8-15(19)9-6-13/h5-11H,4,12H2,1-3H3. The van der Waals surface area contributed by atoms with Crippen molar-refractivity contribution in [1.29, 1.82) is 0 Å². The lowest BCUT2D eigenvalue weighted by Gasteiger charge is -2.18. The number of hydrogen-bond donors (Lipinski definition) is 0. The molecule has 0 fully saturated rings. The molecule has 2 aromatic carbocycles. The smallest absolute Gasteiger partial charge is 0.254 e. The highest BCUT2D eigenvalue weighted by Gasteiger charge is 2.15. The highest BCUT2D eigenvalue weighted by atomic mass is 35.5. The third kappa shape index (κ3) is 4.39. The molecule has 0 N–H and O–H groups in total. The van der Waals surface area contributed by atoms with Crippen molar-refractivity contribution in [1.82, 2.24) is 4.90 Å². The Morgan fingerprint density at radius 3 is 2.43 bits per heavy atom. The minimum absolute atomic E-state index is 0.0800. The summed E-state index contributed by atoms with van der Waals surface area (Å²) in [5.41, 5.74) is 1.58. The summed E-state index contributed by atoms with van der Waals surface area (Å²) in [6, 6.07) is 12.6. The lowest BCUT2D eigenvalue weighted by molar-refractivity contribution is 0.0784. The second-order valence-corrected chi connectivity index (χ2v) is 5.52. The summed E-state index contributed by atoms with van der Waals surface area (Å²) >= 11 is 5.88. The predicted molar refractivity (Wildman–Crippen MR) is 91.4 cm³/mol. The van der Waals surface area contributed by atoms with Crippen LogP contribution in [0.3, 0.4) is 0 Å². The molecule has 23 heavy (non-hydrogen) atoms. The summed E-state index contributed by atoms with van der Waals surface area (Å²) in [7, 11) is 3.34. The van der Waals surface area contributed by atoms with Crippen LogP contribution in [-0.2, 0) is 6.54 Å². The number of ether oxygens (including phenoxy) is 2. The van der Waals surface area contributed by atoms with Crippen molar-refractivity contribution in [3.63, 3.8) is 0 Å². The van der Waals surface area contributed by atoms with Crippen molar-refractivity contribution < 1.29 is 14.3 Å². The Kier molecular flexibility index (Phi) is 5.88. The van der Waals surface area contributed by atoms with Crippen LogP contribution >= 0.6 is 11.6 Å². The molecule has 0 heterocycles. The SMILES string of the molecule is CCOc1cc(C(=O)N(C)Cc2ccc(Cl)cc2)ccc1OC. The van der Waals surface area contributed by atoms with E-state index >= 15 is 0 Å². The van der Waals surface area contributed by atoms with Crippen molar-refractivity contribution >= 4 is 17.5 Å². The summed E-state index contributed by atoms with van der Waals surface area (Å²) in [5.74, 6) is 1.10. The van der Waals surface area contributed by atoms with Gasteiger partial charge in [-0.05, 0) is 42.8 Å². The number of carbonyl (C=O) groups is 1. The quantitative estimate of drug-likeness (QED) is 0.801. The number of amides is 1. The molecule has 0 aliphatic heterocycles. The van der Waals surface area contributed by atoms with Crippen LogP contribution in [0.1, 0.15) is 22.8 Å². The van der Waals surface area contributed by atoms with Gasteiger partial charge in [-0.1, -0.05) is 23.7 Å². The Hall–Kier alpha value is -2.20. The van der Waals surface area contributed by atoms with Crippen LogP contribution in [0.5, 0.6) is 11.5 Å². The van der Waals surface area contributed by atoms with Crippen molar-refractivity contribution in [3.05, 3.63) is 58.6 Å². The highest BCUT2D eigenvalue weighted by molar-refractivity contribution is 6.30. The number of benzene rings is 2. The van der Waals surface area contributed by atoms with Gasteiger partial charge in [0.2, 0.25) is 0 Å². The molecule has 0 atom stereocenters. The third-order valence-corrected chi connectivity index (χ3v) is 3.64. The lowest BCUT2D eigenvalue weighted by atomic mass is 10.1. The van der Waals surface area contributed by atoms with E-state index < -0.39 is 0 Å². The van der Waals surface area contributed by atoms with Crippen molar-refractivity contribution in [2.24, 2.45) is 0 Å². The van der Waals surface area contributed by atoms with E-state index in [-0.39, 0.29) is 5.91 Å². The largest absolute Gasteiger partial charge is 0.493 e. The summed E-state index contributed by atoms with van der Waals surface area (Å²) < 4.78 is 10.8. The molecule has 2 aromatic rings. The zero-order valence-electron chi connectivity index (χ0n) is 13.5. The van der Waals surface area contributed by atoms with Crippen LogP contribution in [0.2, 0.25) is 5.02 Å². The first kappa shape index (κ1) is 17.2. The van der Waals surface area contributed by atoms with E-state index in [9.17, 15) is 4.79 Å². The van der Waals surface area contributed by atoms with Crippen LogP contribution < -0.4 is 9.47 Å². The number of methoxy groups -OCH3 is 1. The van der Waals surface area contributed by atoms with Gasteiger partial charge in [-0.25, -0.2) is 0 Å². The Bertz CT molecular complexity index is 670. The van der Waals surface area contributed by atoms with E-state index in [0.717, 1.165) is 5.56 Å². The number of carbonyl (C=O) groups excluding carboxylic acids is 1. The maximum atomic E-state index is 12.6. The minimum Gasteiger partial charge on any atom is -0.493 e. The summed E-state index contributed by atoms with van der Waals surface area (Å²) in [4.78, 5) is 14.2. The van der Waals surface area contributed by atoms with Gasteiger partial charge in [-0.2, -0.15) is 0 Å². The van der Waals surface area contributed by atoms with Gasteiger partial charge in [0.25, 0.3) is 5.91 Å². The molecule has 0 bridgehead atoms. The fraction of sp³-hybridized carbons (Fsp3) is 0.278. The predicted octanol–water partition coefficient (Wildman–Crippen LogP) is 4.02. The van der Waals surface area contributed by atoms with Gasteiger partial charge in [-0.3, -0.25) is 4.79 Å². The molecular weight excluding hydrogens is 314 g/mol. The fourth-order valence-corrected chi connectivity index (χ4v) is 2.36. The van der Waals surface area contributed by atoms with Crippen LogP contribution in [-0.4, -0.2) is 31.6 Å². The van der Waals surface area contributed by atoms with Gasteiger partial charge >= 0.3 is 0 Å². The van der Waals surface area contributed by atoms with Crippen molar-refractivity contribution in [3.8, 4) is 11.5 Å². The lowest BCUT2D eigenvalue weighted by Crippen LogP contribution is -2.26. The first-order chi connectivity index (χ1) is 11.0. The van der Waals surface area contributed by atoms with Crippen molar-refractivity contribution in [2.45, 2.75) is 13.5 Å². The summed E-state index contributed by atoms with van der Waals surface area (Å²) in [6.45, 7) is 2.90. The Balaban J connectivity index is 2.15. The molecule has 122 valence electrons. The Morgan fingerprint density at radius 1 is 1.13 bits per heavy atom. The van der Waals surface area contributed by atoms with E-state index in [1.807, 2.05) is 31.2 Å². The zero-order chi connectivity index (χ0) is 16.8. The monoisotopic (exact) mass is 333 g/mol. The molecule has 5 heteroatoms. The summed E-state index contributed by atoms with van der Waals surface area (Å²) in [6.07, 6.45) is 0. The van der Waals surface area contributed by atoms with Crippen LogP contribution in [0.15, 0.2) is 42.5 Å². The van der Waals surface area contributed by atoms with Gasteiger partial charge in [-0.15, -0.1) is 0 Å². The number of halogens is 1. The molecule has 0 unspecified atom stereocenters. The van der Waals surface area contributed by atoms with Gasteiger partial charge in [0.05, 0.1) is 13.7 Å². The highest BCUT2D eigenvalue weighted by Crippen LogP contribution is 2.28. The molecule has 0 spiro atoms. The van der Waals surface area contributed by atoms with Gasteiger partial charge in [0.15, 0.2) is 11.5 Å².